The van der Waals surface area contributed by atoms with E-state index in [4.69, 9.17) is 30.5 Å². The lowest BCUT2D eigenvalue weighted by Crippen LogP contribution is -2.21. The van der Waals surface area contributed by atoms with Gasteiger partial charge in [-0.05, 0) is 19.8 Å². The summed E-state index contributed by atoms with van der Waals surface area (Å²) in [5.74, 6) is 0.257. The van der Waals surface area contributed by atoms with E-state index in [1.807, 2.05) is 4.57 Å². The topological polar surface area (TPSA) is 88.9 Å². The molecule has 3 rings (SSSR count). The molecule has 0 unspecified atom stereocenters. The molecule has 0 saturated carbocycles. The van der Waals surface area contributed by atoms with Gasteiger partial charge in [-0.1, -0.05) is 24.4 Å². The standard InChI is InChI=1S/C23H29ClN2O6/c1-3-30-23(28)16-15-26-9-6-4-5-7-11-31-19-14-20(32-12-8-10-29-2)22(24)25-21(19)17(26)13-18(16)27/h13-15H,3-12H2,1-2H3. The van der Waals surface area contributed by atoms with Crippen LogP contribution in [0.4, 0.5) is 0 Å². The third-order valence-electron chi connectivity index (χ3n) is 5.08. The fraction of sp³-hybridized carbons (Fsp3) is 0.522. The van der Waals surface area contributed by atoms with Gasteiger partial charge in [-0.25, -0.2) is 9.78 Å². The van der Waals surface area contributed by atoms with Crippen molar-refractivity contribution in [2.24, 2.45) is 0 Å². The predicted octanol–water partition coefficient (Wildman–Crippen LogP) is 4.11. The Morgan fingerprint density at radius 2 is 2.03 bits per heavy atom. The van der Waals surface area contributed by atoms with Crippen molar-refractivity contribution in [1.82, 2.24) is 9.55 Å². The van der Waals surface area contributed by atoms with Gasteiger partial charge in [0.15, 0.2) is 22.1 Å². The average molecular weight is 465 g/mol. The minimum Gasteiger partial charge on any atom is -0.491 e. The molecular formula is C23H29ClN2O6. The Balaban J connectivity index is 2.06. The highest BCUT2D eigenvalue weighted by atomic mass is 35.5. The van der Waals surface area contributed by atoms with Crippen LogP contribution in [0.2, 0.25) is 5.15 Å². The molecule has 1 aliphatic rings. The zero-order chi connectivity index (χ0) is 22.9. The number of fused-ring (bicyclic) bond motifs is 3. The van der Waals surface area contributed by atoms with Crippen molar-refractivity contribution in [2.45, 2.75) is 45.6 Å². The second-order valence-electron chi connectivity index (χ2n) is 7.43. The quantitative estimate of drug-likeness (QED) is 0.346. The molecule has 2 aromatic rings. The van der Waals surface area contributed by atoms with Gasteiger partial charge in [0, 0.05) is 45.0 Å². The van der Waals surface area contributed by atoms with Gasteiger partial charge < -0.3 is 23.5 Å². The number of hydrogen-bond acceptors (Lipinski definition) is 7. The van der Waals surface area contributed by atoms with Crippen LogP contribution >= 0.6 is 11.6 Å². The van der Waals surface area contributed by atoms with Gasteiger partial charge in [0.2, 0.25) is 0 Å². The number of methoxy groups -OCH3 is 1. The van der Waals surface area contributed by atoms with Crippen molar-refractivity contribution < 1.29 is 23.7 Å². The number of carbonyl (C=O) groups excluding carboxylic acids is 1. The first kappa shape index (κ1) is 24.1. The van der Waals surface area contributed by atoms with Crippen LogP contribution in [0.25, 0.3) is 11.4 Å². The van der Waals surface area contributed by atoms with Crippen molar-refractivity contribution in [3.8, 4) is 22.9 Å². The number of hydrogen-bond donors (Lipinski definition) is 0. The monoisotopic (exact) mass is 464 g/mol. The van der Waals surface area contributed by atoms with E-state index >= 15 is 0 Å². The molecule has 0 radical (unpaired) electrons. The molecule has 0 atom stereocenters. The van der Waals surface area contributed by atoms with Crippen LogP contribution in [0.3, 0.4) is 0 Å². The van der Waals surface area contributed by atoms with Crippen LogP contribution in [0, 0.1) is 0 Å². The Kier molecular flexibility index (Phi) is 8.93. The summed E-state index contributed by atoms with van der Waals surface area (Å²) in [5.41, 5.74) is 0.534. The smallest absolute Gasteiger partial charge is 0.343 e. The zero-order valence-electron chi connectivity index (χ0n) is 18.5. The molecule has 0 saturated heterocycles. The molecule has 8 nitrogen and oxygen atoms in total. The molecule has 3 heterocycles. The summed E-state index contributed by atoms with van der Waals surface area (Å²) in [5, 5.41) is 0.174. The summed E-state index contributed by atoms with van der Waals surface area (Å²) in [6, 6.07) is 3.11. The molecule has 174 valence electrons. The van der Waals surface area contributed by atoms with Gasteiger partial charge in [0.05, 0.1) is 25.5 Å². The summed E-state index contributed by atoms with van der Waals surface area (Å²) in [6.07, 6.45) is 6.05. The van der Waals surface area contributed by atoms with Crippen molar-refractivity contribution in [3.05, 3.63) is 39.3 Å². The Hall–Kier alpha value is -2.58. The molecule has 1 aliphatic heterocycles. The van der Waals surface area contributed by atoms with Crippen LogP contribution in [0.1, 0.15) is 49.4 Å². The molecule has 32 heavy (non-hydrogen) atoms. The van der Waals surface area contributed by atoms with Gasteiger partial charge in [-0.15, -0.1) is 0 Å². The second-order valence-corrected chi connectivity index (χ2v) is 7.79. The summed E-state index contributed by atoms with van der Waals surface area (Å²) in [7, 11) is 1.63. The van der Waals surface area contributed by atoms with Gasteiger partial charge >= 0.3 is 5.97 Å². The maximum Gasteiger partial charge on any atom is 0.343 e. The number of rotatable bonds is 7. The van der Waals surface area contributed by atoms with E-state index in [9.17, 15) is 9.59 Å². The Morgan fingerprint density at radius 1 is 1.22 bits per heavy atom. The largest absolute Gasteiger partial charge is 0.491 e. The van der Waals surface area contributed by atoms with Crippen LogP contribution in [-0.2, 0) is 16.0 Å². The predicted molar refractivity (Wildman–Crippen MR) is 121 cm³/mol. The van der Waals surface area contributed by atoms with Crippen molar-refractivity contribution in [3.63, 3.8) is 0 Å². The summed E-state index contributed by atoms with van der Waals surface area (Å²) in [6.45, 7) is 4.04. The Labute approximate surface area is 192 Å². The van der Waals surface area contributed by atoms with Crippen molar-refractivity contribution >= 4 is 17.6 Å². The lowest BCUT2D eigenvalue weighted by atomic mass is 10.1. The Bertz CT molecular complexity index is 991. The molecule has 0 fully saturated rings. The molecule has 0 bridgehead atoms. The number of nitrogens with zero attached hydrogens (tertiary/aromatic N) is 2. The zero-order valence-corrected chi connectivity index (χ0v) is 19.3. The van der Waals surface area contributed by atoms with Gasteiger partial charge in [0.1, 0.15) is 11.3 Å². The van der Waals surface area contributed by atoms with E-state index in [0.717, 1.165) is 25.7 Å². The minimum atomic E-state index is -0.635. The van der Waals surface area contributed by atoms with Crippen LogP contribution in [-0.4, -0.2) is 49.1 Å². The third-order valence-corrected chi connectivity index (χ3v) is 5.35. The molecule has 0 N–H and O–H groups in total. The van der Waals surface area contributed by atoms with Crippen LogP contribution in [0.15, 0.2) is 23.1 Å². The first-order chi connectivity index (χ1) is 15.5. The van der Waals surface area contributed by atoms with Gasteiger partial charge in [-0.2, -0.15) is 0 Å². The highest BCUT2D eigenvalue weighted by Crippen LogP contribution is 2.36. The highest BCUT2D eigenvalue weighted by Gasteiger charge is 2.21. The summed E-state index contributed by atoms with van der Waals surface area (Å²) in [4.78, 5) is 29.5. The molecule has 9 heteroatoms. The minimum absolute atomic E-state index is 0.00265. The van der Waals surface area contributed by atoms with E-state index in [2.05, 4.69) is 4.98 Å². The molecule has 0 spiro atoms. The Morgan fingerprint density at radius 3 is 2.81 bits per heavy atom. The molecule has 0 aromatic carbocycles. The van der Waals surface area contributed by atoms with E-state index in [1.165, 1.54) is 6.07 Å². The number of esters is 1. The summed E-state index contributed by atoms with van der Waals surface area (Å²) >= 11 is 6.42. The van der Waals surface area contributed by atoms with E-state index in [0.29, 0.717) is 55.7 Å². The van der Waals surface area contributed by atoms with Crippen LogP contribution < -0.4 is 14.9 Å². The number of pyridine rings is 2. The van der Waals surface area contributed by atoms with Crippen LogP contribution in [0.5, 0.6) is 11.5 Å². The third kappa shape index (κ3) is 6.01. The lowest BCUT2D eigenvalue weighted by Gasteiger charge is -2.18. The normalized spacial score (nSPS) is 13.8. The molecule has 0 aliphatic carbocycles. The lowest BCUT2D eigenvalue weighted by molar-refractivity contribution is 0.0524. The van der Waals surface area contributed by atoms with Crippen molar-refractivity contribution in [1.29, 1.82) is 0 Å². The maximum atomic E-state index is 12.7. The fourth-order valence-corrected chi connectivity index (χ4v) is 3.67. The maximum absolute atomic E-state index is 12.7. The van der Waals surface area contributed by atoms with Gasteiger partial charge in [0.25, 0.3) is 0 Å². The number of aryl methyl sites for hydroxylation is 1. The summed E-state index contributed by atoms with van der Waals surface area (Å²) < 4.78 is 23.7. The first-order valence-corrected chi connectivity index (χ1v) is 11.3. The number of carbonyl (C=O) groups is 1. The first-order valence-electron chi connectivity index (χ1n) is 10.9. The number of aromatic nitrogens is 2. The molecule has 2 aromatic heterocycles. The fourth-order valence-electron chi connectivity index (χ4n) is 3.48. The SMILES string of the molecule is CCOC(=O)c1cn2c(cc1=O)-c1nc(Cl)c(OCCCOC)cc1OCCCCCC2. The van der Waals surface area contributed by atoms with Gasteiger partial charge in [-0.3, -0.25) is 4.79 Å². The van der Waals surface area contributed by atoms with Crippen molar-refractivity contribution in [2.75, 3.05) is 33.5 Å². The molecular weight excluding hydrogens is 436 g/mol. The van der Waals surface area contributed by atoms with E-state index < -0.39 is 11.4 Å². The van der Waals surface area contributed by atoms with E-state index in [-0.39, 0.29) is 17.3 Å². The van der Waals surface area contributed by atoms with E-state index in [1.54, 1.807) is 26.3 Å². The molecule has 0 amide bonds. The average Bonchev–Trinajstić information content (AvgIpc) is 2.81. The number of ether oxygens (including phenoxy) is 4. The second kappa shape index (κ2) is 11.9. The highest BCUT2D eigenvalue weighted by molar-refractivity contribution is 6.31. The number of halogens is 1.